The van der Waals surface area contributed by atoms with Crippen LogP contribution in [0, 0.1) is 0 Å². The molecule has 1 amide bonds. The maximum Gasteiger partial charge on any atom is 0.222 e. The molecular weight excluding hydrogens is 266 g/mol. The Kier molecular flexibility index (Phi) is 7.75. The molecule has 0 aromatic heterocycles. The van der Waals surface area contributed by atoms with Crippen molar-refractivity contribution in [3.8, 4) is 0 Å². The molecule has 1 rings (SSSR count). The average molecular weight is 291 g/mol. The van der Waals surface area contributed by atoms with Gasteiger partial charge in [-0.25, -0.2) is 0 Å². The molecule has 1 heterocycles. The summed E-state index contributed by atoms with van der Waals surface area (Å²) in [5.41, 5.74) is -0.0481. The van der Waals surface area contributed by atoms with E-state index in [9.17, 15) is 9.90 Å². The van der Waals surface area contributed by atoms with Crippen molar-refractivity contribution in [3.05, 3.63) is 0 Å². The SMILES string of the molecule is CCC(=O)N(C)CCCSC1CC(O)CC(CO)O1. The number of thioether (sulfide) groups is 1. The van der Waals surface area contributed by atoms with Gasteiger partial charge in [-0.05, 0) is 12.2 Å². The van der Waals surface area contributed by atoms with Crippen LogP contribution in [0.1, 0.15) is 32.6 Å². The van der Waals surface area contributed by atoms with Gasteiger partial charge >= 0.3 is 0 Å². The molecule has 2 N–H and O–H groups in total. The summed E-state index contributed by atoms with van der Waals surface area (Å²) in [4.78, 5) is 13.1. The highest BCUT2D eigenvalue weighted by atomic mass is 32.2. The lowest BCUT2D eigenvalue weighted by Gasteiger charge is -2.31. The fraction of sp³-hybridized carbons (Fsp3) is 0.923. The molecule has 3 atom stereocenters. The number of carbonyl (C=O) groups is 1. The number of hydrogen-bond acceptors (Lipinski definition) is 5. The normalized spacial score (nSPS) is 27.3. The van der Waals surface area contributed by atoms with E-state index in [0.717, 1.165) is 18.7 Å². The van der Waals surface area contributed by atoms with E-state index >= 15 is 0 Å². The Labute approximate surface area is 119 Å². The first-order valence-electron chi connectivity index (χ1n) is 6.86. The van der Waals surface area contributed by atoms with Gasteiger partial charge in [-0.3, -0.25) is 4.79 Å². The van der Waals surface area contributed by atoms with Gasteiger partial charge in [0, 0.05) is 32.9 Å². The molecule has 0 aromatic carbocycles. The minimum absolute atomic E-state index is 0.0398. The van der Waals surface area contributed by atoms with Crippen LogP contribution < -0.4 is 0 Å². The van der Waals surface area contributed by atoms with Crippen LogP contribution in [0.3, 0.4) is 0 Å². The van der Waals surface area contributed by atoms with Crippen LogP contribution in [-0.4, -0.2) is 64.6 Å². The number of aliphatic hydroxyl groups excluding tert-OH is 2. The highest BCUT2D eigenvalue weighted by molar-refractivity contribution is 7.99. The largest absolute Gasteiger partial charge is 0.394 e. The standard InChI is InChI=1S/C13H25NO4S/c1-3-12(17)14(2)5-4-6-19-13-8-10(16)7-11(9-15)18-13/h10-11,13,15-16H,3-9H2,1-2H3. The van der Waals surface area contributed by atoms with E-state index in [1.54, 1.807) is 16.7 Å². The first-order chi connectivity index (χ1) is 9.06. The van der Waals surface area contributed by atoms with Crippen LogP contribution in [0.4, 0.5) is 0 Å². The number of ether oxygens (including phenoxy) is 1. The quantitative estimate of drug-likeness (QED) is 0.680. The molecule has 0 radical (unpaired) electrons. The van der Waals surface area contributed by atoms with Gasteiger partial charge in [0.25, 0.3) is 0 Å². The van der Waals surface area contributed by atoms with Crippen molar-refractivity contribution in [2.45, 2.75) is 50.3 Å². The zero-order valence-corrected chi connectivity index (χ0v) is 12.6. The van der Waals surface area contributed by atoms with E-state index in [2.05, 4.69) is 0 Å². The molecule has 1 aliphatic rings. The van der Waals surface area contributed by atoms with E-state index in [1.165, 1.54) is 0 Å². The first-order valence-corrected chi connectivity index (χ1v) is 7.91. The lowest BCUT2D eigenvalue weighted by atomic mass is 10.1. The first kappa shape index (κ1) is 16.8. The minimum atomic E-state index is -0.382. The van der Waals surface area contributed by atoms with Crippen molar-refractivity contribution in [1.29, 1.82) is 0 Å². The van der Waals surface area contributed by atoms with Gasteiger partial charge in [0.1, 0.15) is 5.44 Å². The molecule has 3 unspecified atom stereocenters. The lowest BCUT2D eigenvalue weighted by molar-refractivity contribution is -0.129. The van der Waals surface area contributed by atoms with Crippen LogP contribution in [0.15, 0.2) is 0 Å². The van der Waals surface area contributed by atoms with Crippen molar-refractivity contribution >= 4 is 17.7 Å². The fourth-order valence-electron chi connectivity index (χ4n) is 2.08. The number of rotatable bonds is 7. The Morgan fingerprint density at radius 1 is 1.47 bits per heavy atom. The third kappa shape index (κ3) is 6.12. The number of aliphatic hydroxyl groups is 2. The molecule has 1 aliphatic heterocycles. The van der Waals surface area contributed by atoms with Crippen LogP contribution >= 0.6 is 11.8 Å². The molecule has 1 saturated heterocycles. The zero-order valence-electron chi connectivity index (χ0n) is 11.7. The Balaban J connectivity index is 2.16. The second-order valence-electron chi connectivity index (χ2n) is 4.89. The van der Waals surface area contributed by atoms with Crippen LogP contribution in [-0.2, 0) is 9.53 Å². The van der Waals surface area contributed by atoms with E-state index in [1.807, 2.05) is 14.0 Å². The smallest absolute Gasteiger partial charge is 0.222 e. The molecule has 0 spiro atoms. The van der Waals surface area contributed by atoms with Crippen LogP contribution in [0.5, 0.6) is 0 Å². The number of hydrogen-bond donors (Lipinski definition) is 2. The third-order valence-corrected chi connectivity index (χ3v) is 4.42. The van der Waals surface area contributed by atoms with Crippen molar-refractivity contribution in [1.82, 2.24) is 4.90 Å². The maximum atomic E-state index is 11.4. The number of carbonyl (C=O) groups excluding carboxylic acids is 1. The van der Waals surface area contributed by atoms with Gasteiger partial charge in [0.05, 0.1) is 18.8 Å². The fourth-order valence-corrected chi connectivity index (χ4v) is 3.24. The van der Waals surface area contributed by atoms with Gasteiger partial charge in [-0.2, -0.15) is 0 Å². The zero-order chi connectivity index (χ0) is 14.3. The van der Waals surface area contributed by atoms with Gasteiger partial charge in [-0.1, -0.05) is 6.92 Å². The van der Waals surface area contributed by atoms with Crippen LogP contribution in [0.25, 0.3) is 0 Å². The Morgan fingerprint density at radius 2 is 2.21 bits per heavy atom. The molecular formula is C13H25NO4S. The van der Waals surface area contributed by atoms with Gasteiger partial charge in [0.2, 0.25) is 5.91 Å². The predicted octanol–water partition coefficient (Wildman–Crippen LogP) is 0.836. The van der Waals surface area contributed by atoms with Gasteiger partial charge in [-0.15, -0.1) is 11.8 Å². The second-order valence-corrected chi connectivity index (χ2v) is 6.16. The summed E-state index contributed by atoms with van der Waals surface area (Å²) in [6, 6.07) is 0. The average Bonchev–Trinajstić information content (AvgIpc) is 2.41. The molecule has 0 saturated carbocycles. The van der Waals surface area contributed by atoms with E-state index in [-0.39, 0.29) is 30.2 Å². The Hall–Kier alpha value is -0.300. The highest BCUT2D eigenvalue weighted by Gasteiger charge is 2.27. The highest BCUT2D eigenvalue weighted by Crippen LogP contribution is 2.27. The Bertz CT molecular complexity index is 277. The molecule has 0 aromatic rings. The van der Waals surface area contributed by atoms with Gasteiger partial charge < -0.3 is 19.8 Å². The number of nitrogens with zero attached hydrogens (tertiary/aromatic N) is 1. The van der Waals surface area contributed by atoms with Crippen molar-refractivity contribution in [3.63, 3.8) is 0 Å². The maximum absolute atomic E-state index is 11.4. The predicted molar refractivity (Wildman–Crippen MR) is 76.0 cm³/mol. The molecule has 0 bridgehead atoms. The monoisotopic (exact) mass is 291 g/mol. The molecule has 19 heavy (non-hydrogen) atoms. The lowest BCUT2D eigenvalue weighted by Crippen LogP contribution is -2.36. The van der Waals surface area contributed by atoms with E-state index in [4.69, 9.17) is 9.84 Å². The summed E-state index contributed by atoms with van der Waals surface area (Å²) in [6.07, 6.45) is 1.96. The summed E-state index contributed by atoms with van der Waals surface area (Å²) >= 11 is 1.65. The Morgan fingerprint density at radius 3 is 2.84 bits per heavy atom. The molecule has 5 nitrogen and oxygen atoms in total. The van der Waals surface area contributed by atoms with Crippen LogP contribution in [0.2, 0.25) is 0 Å². The minimum Gasteiger partial charge on any atom is -0.394 e. The van der Waals surface area contributed by atoms with Crippen molar-refractivity contribution < 1.29 is 19.7 Å². The van der Waals surface area contributed by atoms with E-state index < -0.39 is 0 Å². The summed E-state index contributed by atoms with van der Waals surface area (Å²) < 4.78 is 5.65. The summed E-state index contributed by atoms with van der Waals surface area (Å²) in [5, 5.41) is 18.7. The molecule has 112 valence electrons. The second kappa shape index (κ2) is 8.79. The molecule has 1 fully saturated rings. The summed E-state index contributed by atoms with van der Waals surface area (Å²) in [6.45, 7) is 2.57. The topological polar surface area (TPSA) is 70.0 Å². The summed E-state index contributed by atoms with van der Waals surface area (Å²) in [7, 11) is 1.82. The van der Waals surface area contributed by atoms with E-state index in [0.29, 0.717) is 19.3 Å². The molecule has 6 heteroatoms. The third-order valence-electron chi connectivity index (χ3n) is 3.22. The molecule has 0 aliphatic carbocycles. The van der Waals surface area contributed by atoms with Crippen molar-refractivity contribution in [2.24, 2.45) is 0 Å². The van der Waals surface area contributed by atoms with Gasteiger partial charge in [0.15, 0.2) is 0 Å². The summed E-state index contributed by atoms with van der Waals surface area (Å²) in [5.74, 6) is 1.05. The number of amides is 1. The van der Waals surface area contributed by atoms with Crippen molar-refractivity contribution in [2.75, 3.05) is 26.0 Å².